The fraction of sp³-hybridized carbons (Fsp3) is 0.929. The lowest BCUT2D eigenvalue weighted by Gasteiger charge is -2.27. The van der Waals surface area contributed by atoms with Crippen LogP contribution in [0.25, 0.3) is 0 Å². The lowest BCUT2D eigenvalue weighted by molar-refractivity contribution is -0.121. The van der Waals surface area contributed by atoms with Gasteiger partial charge in [0, 0.05) is 45.7 Å². The molecular formula is C14H29N3O. The molecule has 1 fully saturated rings. The van der Waals surface area contributed by atoms with Crippen LogP contribution in [0.3, 0.4) is 0 Å². The van der Waals surface area contributed by atoms with Gasteiger partial charge in [-0.25, -0.2) is 0 Å². The van der Waals surface area contributed by atoms with Crippen LogP contribution in [0, 0.1) is 0 Å². The van der Waals surface area contributed by atoms with Crippen molar-refractivity contribution in [3.63, 3.8) is 0 Å². The van der Waals surface area contributed by atoms with E-state index in [1.807, 2.05) is 0 Å². The molecule has 1 saturated heterocycles. The largest absolute Gasteiger partial charge is 0.355 e. The molecule has 0 unspecified atom stereocenters. The number of rotatable bonds is 9. The van der Waals surface area contributed by atoms with Gasteiger partial charge in [0.05, 0.1) is 0 Å². The van der Waals surface area contributed by atoms with Gasteiger partial charge in [-0.3, -0.25) is 9.69 Å². The minimum atomic E-state index is 0.224. The molecular weight excluding hydrogens is 226 g/mol. The molecule has 0 spiro atoms. The molecule has 1 heterocycles. The fourth-order valence-electron chi connectivity index (χ4n) is 2.27. The second-order valence-electron chi connectivity index (χ2n) is 5.11. The van der Waals surface area contributed by atoms with Gasteiger partial charge in [-0.1, -0.05) is 32.6 Å². The standard InChI is InChI=1S/C14H29N3O/c1-2-3-4-5-6-7-14(18)16-10-13-17-11-8-15-9-12-17/h15H,2-13H2,1H3,(H,16,18). The molecule has 4 heteroatoms. The van der Waals surface area contributed by atoms with Crippen LogP contribution in [0.1, 0.15) is 45.4 Å². The maximum absolute atomic E-state index is 11.6. The summed E-state index contributed by atoms with van der Waals surface area (Å²) in [5.41, 5.74) is 0. The molecule has 0 atom stereocenters. The number of amides is 1. The maximum Gasteiger partial charge on any atom is 0.220 e. The molecule has 0 aromatic carbocycles. The van der Waals surface area contributed by atoms with Crippen LogP contribution >= 0.6 is 0 Å². The van der Waals surface area contributed by atoms with Gasteiger partial charge in [0.25, 0.3) is 0 Å². The Morgan fingerprint density at radius 1 is 1.17 bits per heavy atom. The number of hydrogen-bond acceptors (Lipinski definition) is 3. The third-order valence-corrected chi connectivity index (χ3v) is 3.47. The molecule has 2 N–H and O–H groups in total. The molecule has 18 heavy (non-hydrogen) atoms. The Bertz CT molecular complexity index is 215. The third kappa shape index (κ3) is 7.67. The fourth-order valence-corrected chi connectivity index (χ4v) is 2.27. The topological polar surface area (TPSA) is 44.4 Å². The number of nitrogens with zero attached hydrogens (tertiary/aromatic N) is 1. The van der Waals surface area contributed by atoms with Crippen molar-refractivity contribution in [1.29, 1.82) is 0 Å². The first-order chi connectivity index (χ1) is 8.83. The zero-order chi connectivity index (χ0) is 13.1. The Kier molecular flexibility index (Phi) is 8.86. The summed E-state index contributed by atoms with van der Waals surface area (Å²) < 4.78 is 0. The smallest absolute Gasteiger partial charge is 0.220 e. The van der Waals surface area contributed by atoms with E-state index < -0.39 is 0 Å². The number of unbranched alkanes of at least 4 members (excludes halogenated alkanes) is 4. The van der Waals surface area contributed by atoms with Crippen molar-refractivity contribution in [2.75, 3.05) is 39.3 Å². The highest BCUT2D eigenvalue weighted by Crippen LogP contribution is 2.04. The molecule has 0 saturated carbocycles. The predicted molar refractivity (Wildman–Crippen MR) is 75.7 cm³/mol. The van der Waals surface area contributed by atoms with Gasteiger partial charge in [0.15, 0.2) is 0 Å². The van der Waals surface area contributed by atoms with Crippen molar-refractivity contribution in [2.45, 2.75) is 45.4 Å². The average Bonchev–Trinajstić information content (AvgIpc) is 2.40. The third-order valence-electron chi connectivity index (χ3n) is 3.47. The van der Waals surface area contributed by atoms with E-state index in [0.29, 0.717) is 6.42 Å². The molecule has 4 nitrogen and oxygen atoms in total. The first kappa shape index (κ1) is 15.4. The first-order valence-corrected chi connectivity index (χ1v) is 7.52. The second kappa shape index (κ2) is 10.3. The summed E-state index contributed by atoms with van der Waals surface area (Å²) in [7, 11) is 0. The summed E-state index contributed by atoms with van der Waals surface area (Å²) in [6, 6.07) is 0. The molecule has 0 aromatic rings. The second-order valence-corrected chi connectivity index (χ2v) is 5.11. The molecule has 1 rings (SSSR count). The molecule has 1 aliphatic rings. The Morgan fingerprint density at radius 2 is 1.89 bits per heavy atom. The summed E-state index contributed by atoms with van der Waals surface area (Å²) in [5, 5.41) is 6.35. The van der Waals surface area contributed by atoms with Crippen LogP contribution < -0.4 is 10.6 Å². The monoisotopic (exact) mass is 255 g/mol. The van der Waals surface area contributed by atoms with Gasteiger partial charge in [0.1, 0.15) is 0 Å². The van der Waals surface area contributed by atoms with E-state index in [1.165, 1.54) is 25.7 Å². The van der Waals surface area contributed by atoms with E-state index in [1.54, 1.807) is 0 Å². The molecule has 0 bridgehead atoms. The quantitative estimate of drug-likeness (QED) is 0.612. The highest BCUT2D eigenvalue weighted by molar-refractivity contribution is 5.75. The summed E-state index contributed by atoms with van der Waals surface area (Å²) >= 11 is 0. The van der Waals surface area contributed by atoms with Crippen molar-refractivity contribution in [3.05, 3.63) is 0 Å². The van der Waals surface area contributed by atoms with Gasteiger partial charge in [0.2, 0.25) is 5.91 Å². The molecule has 0 radical (unpaired) electrons. The Balaban J connectivity index is 1.89. The van der Waals surface area contributed by atoms with Crippen molar-refractivity contribution in [1.82, 2.24) is 15.5 Å². The molecule has 1 amide bonds. The summed E-state index contributed by atoms with van der Waals surface area (Å²) in [5.74, 6) is 0.224. The van der Waals surface area contributed by atoms with Gasteiger partial charge in [-0.15, -0.1) is 0 Å². The Hall–Kier alpha value is -0.610. The zero-order valence-electron chi connectivity index (χ0n) is 11.8. The first-order valence-electron chi connectivity index (χ1n) is 7.52. The van der Waals surface area contributed by atoms with Crippen molar-refractivity contribution >= 4 is 5.91 Å². The Labute approximate surface area is 111 Å². The van der Waals surface area contributed by atoms with Crippen molar-refractivity contribution in [2.24, 2.45) is 0 Å². The van der Waals surface area contributed by atoms with Crippen LogP contribution in [0.2, 0.25) is 0 Å². The van der Waals surface area contributed by atoms with Crippen LogP contribution in [-0.4, -0.2) is 50.1 Å². The average molecular weight is 255 g/mol. The lowest BCUT2D eigenvalue weighted by Crippen LogP contribution is -2.46. The number of carbonyl (C=O) groups excluding carboxylic acids is 1. The van der Waals surface area contributed by atoms with E-state index in [0.717, 1.165) is 45.7 Å². The van der Waals surface area contributed by atoms with E-state index in [-0.39, 0.29) is 5.91 Å². The van der Waals surface area contributed by atoms with Crippen LogP contribution in [-0.2, 0) is 4.79 Å². The van der Waals surface area contributed by atoms with Gasteiger partial charge in [-0.05, 0) is 6.42 Å². The molecule has 1 aliphatic heterocycles. The van der Waals surface area contributed by atoms with Crippen LogP contribution in [0.5, 0.6) is 0 Å². The lowest BCUT2D eigenvalue weighted by atomic mass is 10.1. The van der Waals surface area contributed by atoms with E-state index in [4.69, 9.17) is 0 Å². The van der Waals surface area contributed by atoms with Crippen LogP contribution in [0.4, 0.5) is 0 Å². The minimum Gasteiger partial charge on any atom is -0.355 e. The highest BCUT2D eigenvalue weighted by Gasteiger charge is 2.09. The van der Waals surface area contributed by atoms with E-state index >= 15 is 0 Å². The number of nitrogens with one attached hydrogen (secondary N) is 2. The molecule has 0 aliphatic carbocycles. The zero-order valence-corrected chi connectivity index (χ0v) is 11.8. The normalized spacial score (nSPS) is 16.7. The summed E-state index contributed by atoms with van der Waals surface area (Å²) in [6.45, 7) is 8.36. The summed E-state index contributed by atoms with van der Waals surface area (Å²) in [4.78, 5) is 14.0. The van der Waals surface area contributed by atoms with Gasteiger partial charge >= 0.3 is 0 Å². The minimum absolute atomic E-state index is 0.224. The van der Waals surface area contributed by atoms with Crippen LogP contribution in [0.15, 0.2) is 0 Å². The van der Waals surface area contributed by atoms with Crippen molar-refractivity contribution < 1.29 is 4.79 Å². The van der Waals surface area contributed by atoms with Gasteiger partial charge in [-0.2, -0.15) is 0 Å². The number of carbonyl (C=O) groups is 1. The summed E-state index contributed by atoms with van der Waals surface area (Å²) in [6.07, 6.45) is 6.76. The highest BCUT2D eigenvalue weighted by atomic mass is 16.1. The molecule has 0 aromatic heterocycles. The predicted octanol–water partition coefficient (Wildman–Crippen LogP) is 1.37. The number of piperazine rings is 1. The van der Waals surface area contributed by atoms with Gasteiger partial charge < -0.3 is 10.6 Å². The molecule has 106 valence electrons. The Morgan fingerprint density at radius 3 is 2.61 bits per heavy atom. The van der Waals surface area contributed by atoms with Crippen molar-refractivity contribution in [3.8, 4) is 0 Å². The maximum atomic E-state index is 11.6. The van der Waals surface area contributed by atoms with E-state index in [9.17, 15) is 4.79 Å². The van der Waals surface area contributed by atoms with E-state index in [2.05, 4.69) is 22.5 Å². The number of hydrogen-bond donors (Lipinski definition) is 2. The SMILES string of the molecule is CCCCCCCC(=O)NCCN1CCNCC1.